The van der Waals surface area contributed by atoms with Crippen LogP contribution in [0, 0.1) is 5.92 Å². The number of ether oxygens (including phenoxy) is 1. The lowest BCUT2D eigenvalue weighted by Gasteiger charge is -2.20. The van der Waals surface area contributed by atoms with Crippen molar-refractivity contribution in [3.05, 3.63) is 35.4 Å². The Labute approximate surface area is 110 Å². The van der Waals surface area contributed by atoms with Crippen LogP contribution in [0.2, 0.25) is 0 Å². The molecule has 0 aliphatic carbocycles. The van der Waals surface area contributed by atoms with Crippen molar-refractivity contribution in [2.45, 2.75) is 32.4 Å². The Bertz CT molecular complexity index is 361. The molecule has 1 aliphatic rings. The van der Waals surface area contributed by atoms with Crippen molar-refractivity contribution in [3.8, 4) is 0 Å². The zero-order chi connectivity index (χ0) is 12.8. The minimum Gasteiger partial charge on any atom is -0.381 e. The van der Waals surface area contributed by atoms with Crippen LogP contribution >= 0.6 is 0 Å². The van der Waals surface area contributed by atoms with E-state index in [-0.39, 0.29) is 0 Å². The summed E-state index contributed by atoms with van der Waals surface area (Å²) in [7, 11) is 0. The zero-order valence-electron chi connectivity index (χ0n) is 11.2. The van der Waals surface area contributed by atoms with Gasteiger partial charge in [0.15, 0.2) is 0 Å². The summed E-state index contributed by atoms with van der Waals surface area (Å²) < 4.78 is 5.44. The SMILES string of the molecule is CC(NCc1ccccc1CCN)C1CCOC1. The number of nitrogens with two attached hydrogens (primary N) is 1. The predicted molar refractivity (Wildman–Crippen MR) is 74.4 cm³/mol. The number of hydrogen-bond acceptors (Lipinski definition) is 3. The summed E-state index contributed by atoms with van der Waals surface area (Å²) in [6, 6.07) is 9.06. The number of nitrogens with one attached hydrogen (secondary N) is 1. The molecule has 0 bridgehead atoms. The maximum Gasteiger partial charge on any atom is 0.0509 e. The van der Waals surface area contributed by atoms with E-state index in [0.717, 1.165) is 26.2 Å². The molecule has 3 heteroatoms. The Hall–Kier alpha value is -0.900. The van der Waals surface area contributed by atoms with Crippen molar-refractivity contribution < 1.29 is 4.74 Å². The second-order valence-electron chi connectivity index (χ2n) is 5.10. The van der Waals surface area contributed by atoms with Crippen LogP contribution in [0.5, 0.6) is 0 Å². The maximum atomic E-state index is 5.65. The first-order valence-corrected chi connectivity index (χ1v) is 6.89. The third kappa shape index (κ3) is 3.55. The van der Waals surface area contributed by atoms with Gasteiger partial charge in [-0.15, -0.1) is 0 Å². The minimum absolute atomic E-state index is 0.512. The topological polar surface area (TPSA) is 47.3 Å². The number of hydrogen-bond donors (Lipinski definition) is 2. The molecule has 3 N–H and O–H groups in total. The van der Waals surface area contributed by atoms with E-state index in [2.05, 4.69) is 36.5 Å². The fraction of sp³-hybridized carbons (Fsp3) is 0.600. The average molecular weight is 248 g/mol. The van der Waals surface area contributed by atoms with Gasteiger partial charge < -0.3 is 15.8 Å². The first-order chi connectivity index (χ1) is 8.81. The lowest BCUT2D eigenvalue weighted by atomic mass is 9.99. The molecule has 2 atom stereocenters. The maximum absolute atomic E-state index is 5.65. The molecule has 0 radical (unpaired) electrons. The van der Waals surface area contributed by atoms with Crippen molar-refractivity contribution in [2.24, 2.45) is 11.7 Å². The Morgan fingerprint density at radius 2 is 2.17 bits per heavy atom. The predicted octanol–water partition coefficient (Wildman–Crippen LogP) is 1.70. The van der Waals surface area contributed by atoms with Gasteiger partial charge in [-0.2, -0.15) is 0 Å². The van der Waals surface area contributed by atoms with Crippen LogP contribution < -0.4 is 11.1 Å². The third-order valence-corrected chi connectivity index (χ3v) is 3.82. The van der Waals surface area contributed by atoms with E-state index in [1.54, 1.807) is 0 Å². The molecule has 1 saturated heterocycles. The Balaban J connectivity index is 1.88. The van der Waals surface area contributed by atoms with Gasteiger partial charge in [-0.3, -0.25) is 0 Å². The van der Waals surface area contributed by atoms with Crippen molar-refractivity contribution >= 4 is 0 Å². The standard InChI is InChI=1S/C15H24N2O/c1-12(15-7-9-18-11-15)17-10-14-5-3-2-4-13(14)6-8-16/h2-5,12,15,17H,6-11,16H2,1H3. The van der Waals surface area contributed by atoms with E-state index >= 15 is 0 Å². The molecule has 0 saturated carbocycles. The second kappa shape index (κ2) is 6.88. The molecule has 18 heavy (non-hydrogen) atoms. The second-order valence-corrected chi connectivity index (χ2v) is 5.10. The van der Waals surface area contributed by atoms with Gasteiger partial charge in [-0.05, 0) is 43.4 Å². The summed E-state index contributed by atoms with van der Waals surface area (Å²) in [5, 5.41) is 3.62. The fourth-order valence-corrected chi connectivity index (χ4v) is 2.51. The molecule has 1 aliphatic heterocycles. The zero-order valence-corrected chi connectivity index (χ0v) is 11.2. The average Bonchev–Trinajstić information content (AvgIpc) is 2.92. The van der Waals surface area contributed by atoms with Crippen LogP contribution in [-0.4, -0.2) is 25.8 Å². The summed E-state index contributed by atoms with van der Waals surface area (Å²) >= 11 is 0. The summed E-state index contributed by atoms with van der Waals surface area (Å²) in [5.41, 5.74) is 8.38. The van der Waals surface area contributed by atoms with E-state index in [0.29, 0.717) is 18.5 Å². The van der Waals surface area contributed by atoms with Gasteiger partial charge in [0.1, 0.15) is 0 Å². The van der Waals surface area contributed by atoms with Crippen LogP contribution in [-0.2, 0) is 17.7 Å². The summed E-state index contributed by atoms with van der Waals surface area (Å²) in [6.45, 7) is 5.71. The highest BCUT2D eigenvalue weighted by Gasteiger charge is 2.21. The molecule has 2 unspecified atom stereocenters. The molecule has 3 nitrogen and oxygen atoms in total. The highest BCUT2D eigenvalue weighted by Crippen LogP contribution is 2.17. The molecule has 100 valence electrons. The van der Waals surface area contributed by atoms with E-state index < -0.39 is 0 Å². The minimum atomic E-state index is 0.512. The first kappa shape index (κ1) is 13.5. The molecular formula is C15H24N2O. The molecule has 1 fully saturated rings. The highest BCUT2D eigenvalue weighted by atomic mass is 16.5. The van der Waals surface area contributed by atoms with Gasteiger partial charge in [0.2, 0.25) is 0 Å². The van der Waals surface area contributed by atoms with Crippen molar-refractivity contribution in [1.82, 2.24) is 5.32 Å². The van der Waals surface area contributed by atoms with Crippen LogP contribution in [0.15, 0.2) is 24.3 Å². The third-order valence-electron chi connectivity index (χ3n) is 3.82. The van der Waals surface area contributed by atoms with Crippen LogP contribution in [0.1, 0.15) is 24.5 Å². The largest absolute Gasteiger partial charge is 0.381 e. The Kier molecular flexibility index (Phi) is 5.17. The fourth-order valence-electron chi connectivity index (χ4n) is 2.51. The quantitative estimate of drug-likeness (QED) is 0.805. The van der Waals surface area contributed by atoms with Gasteiger partial charge in [-0.1, -0.05) is 24.3 Å². The highest BCUT2D eigenvalue weighted by molar-refractivity contribution is 5.27. The van der Waals surface area contributed by atoms with E-state index in [4.69, 9.17) is 10.5 Å². The van der Waals surface area contributed by atoms with Gasteiger partial charge in [0.05, 0.1) is 6.61 Å². The molecular weight excluding hydrogens is 224 g/mol. The molecule has 0 aromatic heterocycles. The smallest absolute Gasteiger partial charge is 0.0509 e. The molecule has 1 aromatic rings. The van der Waals surface area contributed by atoms with Gasteiger partial charge in [0.25, 0.3) is 0 Å². The molecule has 0 spiro atoms. The van der Waals surface area contributed by atoms with E-state index in [1.807, 2.05) is 0 Å². The first-order valence-electron chi connectivity index (χ1n) is 6.89. The number of benzene rings is 1. The summed E-state index contributed by atoms with van der Waals surface area (Å²) in [4.78, 5) is 0. The lowest BCUT2D eigenvalue weighted by molar-refractivity contribution is 0.178. The molecule has 1 heterocycles. The molecule has 0 amide bonds. The number of rotatable bonds is 6. The van der Waals surface area contributed by atoms with Gasteiger partial charge in [0, 0.05) is 19.2 Å². The Morgan fingerprint density at radius 1 is 1.39 bits per heavy atom. The summed E-state index contributed by atoms with van der Waals surface area (Å²) in [5.74, 6) is 0.659. The van der Waals surface area contributed by atoms with Crippen LogP contribution in [0.25, 0.3) is 0 Å². The molecule has 2 rings (SSSR count). The Morgan fingerprint density at radius 3 is 2.83 bits per heavy atom. The van der Waals surface area contributed by atoms with Gasteiger partial charge in [-0.25, -0.2) is 0 Å². The van der Waals surface area contributed by atoms with Crippen molar-refractivity contribution in [1.29, 1.82) is 0 Å². The normalized spacial score (nSPS) is 21.1. The van der Waals surface area contributed by atoms with Crippen molar-refractivity contribution in [3.63, 3.8) is 0 Å². The van der Waals surface area contributed by atoms with Crippen LogP contribution in [0.3, 0.4) is 0 Å². The van der Waals surface area contributed by atoms with Crippen LogP contribution in [0.4, 0.5) is 0 Å². The summed E-state index contributed by atoms with van der Waals surface area (Å²) in [6.07, 6.45) is 2.14. The monoisotopic (exact) mass is 248 g/mol. The van der Waals surface area contributed by atoms with E-state index in [1.165, 1.54) is 17.5 Å². The van der Waals surface area contributed by atoms with Crippen molar-refractivity contribution in [2.75, 3.05) is 19.8 Å². The molecule has 1 aromatic carbocycles. The lowest BCUT2D eigenvalue weighted by Crippen LogP contribution is -2.33. The van der Waals surface area contributed by atoms with E-state index in [9.17, 15) is 0 Å². The van der Waals surface area contributed by atoms with Gasteiger partial charge >= 0.3 is 0 Å².